The van der Waals surface area contributed by atoms with Gasteiger partial charge < -0.3 is 15.8 Å². The molecule has 0 bridgehead atoms. The van der Waals surface area contributed by atoms with Gasteiger partial charge in [-0.05, 0) is 19.1 Å². The normalized spacial score (nSPS) is 24.1. The highest BCUT2D eigenvalue weighted by Gasteiger charge is 2.14. The Labute approximate surface area is 96.0 Å². The van der Waals surface area contributed by atoms with Gasteiger partial charge in [0.25, 0.3) is 0 Å². The van der Waals surface area contributed by atoms with E-state index in [0.717, 1.165) is 32.5 Å². The van der Waals surface area contributed by atoms with Crippen LogP contribution in [0.1, 0.15) is 19.8 Å². The summed E-state index contributed by atoms with van der Waals surface area (Å²) in [6.07, 6.45) is 4.68. The van der Waals surface area contributed by atoms with Crippen LogP contribution in [-0.2, 0) is 4.74 Å². The summed E-state index contributed by atoms with van der Waals surface area (Å²) in [4.78, 5) is 4.26. The first-order chi connectivity index (χ1) is 7.22. The third-order valence-corrected chi connectivity index (χ3v) is 3.41. The largest absolute Gasteiger partial charge is 0.376 e. The van der Waals surface area contributed by atoms with E-state index in [9.17, 15) is 0 Å². The average Bonchev–Trinajstić information content (AvgIpc) is 2.75. The van der Waals surface area contributed by atoms with Crippen molar-refractivity contribution < 1.29 is 4.74 Å². The summed E-state index contributed by atoms with van der Waals surface area (Å²) in [5.41, 5.74) is 5.73. The van der Waals surface area contributed by atoms with E-state index in [0.29, 0.717) is 17.3 Å². The molecule has 0 amide bonds. The highest BCUT2D eigenvalue weighted by Crippen LogP contribution is 2.10. The molecule has 2 atom stereocenters. The van der Waals surface area contributed by atoms with E-state index in [1.54, 1.807) is 11.8 Å². The second-order valence-electron chi connectivity index (χ2n) is 3.79. The SMILES string of the molecule is CSC(C)CN=C(N)NCC1CCCO1. The van der Waals surface area contributed by atoms with Crippen LogP contribution in [0.15, 0.2) is 4.99 Å². The maximum atomic E-state index is 5.73. The van der Waals surface area contributed by atoms with Crippen molar-refractivity contribution in [3.8, 4) is 0 Å². The van der Waals surface area contributed by atoms with Crippen LogP contribution in [0.25, 0.3) is 0 Å². The molecule has 0 spiro atoms. The van der Waals surface area contributed by atoms with Crippen LogP contribution >= 0.6 is 11.8 Å². The predicted octanol–water partition coefficient (Wildman–Crippen LogP) is 0.821. The Morgan fingerprint density at radius 1 is 1.73 bits per heavy atom. The number of rotatable bonds is 5. The lowest BCUT2D eigenvalue weighted by atomic mass is 10.2. The number of hydrogen-bond acceptors (Lipinski definition) is 3. The molecule has 1 aliphatic rings. The molecule has 1 rings (SSSR count). The van der Waals surface area contributed by atoms with Crippen LogP contribution in [0.3, 0.4) is 0 Å². The number of hydrogen-bond donors (Lipinski definition) is 2. The van der Waals surface area contributed by atoms with E-state index in [1.807, 2.05) is 0 Å². The first kappa shape index (κ1) is 12.6. The zero-order valence-electron chi connectivity index (χ0n) is 9.53. The first-order valence-electron chi connectivity index (χ1n) is 5.40. The molecule has 15 heavy (non-hydrogen) atoms. The van der Waals surface area contributed by atoms with Crippen molar-refractivity contribution in [3.63, 3.8) is 0 Å². The Hall–Kier alpha value is -0.420. The van der Waals surface area contributed by atoms with Crippen molar-refractivity contribution in [2.24, 2.45) is 10.7 Å². The van der Waals surface area contributed by atoms with E-state index in [-0.39, 0.29) is 0 Å². The van der Waals surface area contributed by atoms with Crippen molar-refractivity contribution in [3.05, 3.63) is 0 Å². The summed E-state index contributed by atoms with van der Waals surface area (Å²) >= 11 is 1.80. The van der Waals surface area contributed by atoms with Gasteiger partial charge in [-0.25, -0.2) is 0 Å². The minimum atomic E-state index is 0.316. The fourth-order valence-corrected chi connectivity index (χ4v) is 1.60. The monoisotopic (exact) mass is 231 g/mol. The van der Waals surface area contributed by atoms with Crippen LogP contribution in [0.4, 0.5) is 0 Å². The zero-order valence-corrected chi connectivity index (χ0v) is 10.3. The number of nitrogens with zero attached hydrogens (tertiary/aromatic N) is 1. The highest BCUT2D eigenvalue weighted by atomic mass is 32.2. The molecule has 3 N–H and O–H groups in total. The summed E-state index contributed by atoms with van der Waals surface area (Å²) in [6, 6.07) is 0. The lowest BCUT2D eigenvalue weighted by Gasteiger charge is -2.11. The molecule has 0 radical (unpaired) electrons. The van der Waals surface area contributed by atoms with Crippen molar-refractivity contribution in [2.75, 3.05) is 26.0 Å². The number of guanidine groups is 1. The molecule has 0 aromatic rings. The molecule has 0 saturated carbocycles. The van der Waals surface area contributed by atoms with Gasteiger partial charge in [-0.15, -0.1) is 0 Å². The quantitative estimate of drug-likeness (QED) is 0.543. The number of nitrogens with two attached hydrogens (primary N) is 1. The van der Waals surface area contributed by atoms with Crippen molar-refractivity contribution in [1.82, 2.24) is 5.32 Å². The number of ether oxygens (including phenoxy) is 1. The smallest absolute Gasteiger partial charge is 0.188 e. The standard InChI is InChI=1S/C10H21N3OS/c1-8(15-2)6-12-10(11)13-7-9-4-3-5-14-9/h8-9H,3-7H2,1-2H3,(H3,11,12,13). The molecule has 88 valence electrons. The summed E-state index contributed by atoms with van der Waals surface area (Å²) < 4.78 is 5.47. The molecule has 2 unspecified atom stereocenters. The number of thioether (sulfide) groups is 1. The fourth-order valence-electron chi connectivity index (χ4n) is 1.38. The fraction of sp³-hybridized carbons (Fsp3) is 0.900. The van der Waals surface area contributed by atoms with Gasteiger partial charge in [0.1, 0.15) is 0 Å². The number of aliphatic imine (C=N–C) groups is 1. The van der Waals surface area contributed by atoms with E-state index in [2.05, 4.69) is 23.5 Å². The molecule has 4 nitrogen and oxygen atoms in total. The van der Waals surface area contributed by atoms with E-state index < -0.39 is 0 Å². The molecular weight excluding hydrogens is 210 g/mol. The molecule has 0 aliphatic carbocycles. The minimum absolute atomic E-state index is 0.316. The molecule has 1 heterocycles. The maximum Gasteiger partial charge on any atom is 0.188 e. The van der Waals surface area contributed by atoms with Gasteiger partial charge in [-0.1, -0.05) is 6.92 Å². The molecule has 1 saturated heterocycles. The maximum absolute atomic E-state index is 5.73. The van der Waals surface area contributed by atoms with Gasteiger partial charge >= 0.3 is 0 Å². The van der Waals surface area contributed by atoms with Crippen LogP contribution < -0.4 is 11.1 Å². The van der Waals surface area contributed by atoms with Gasteiger partial charge in [-0.3, -0.25) is 4.99 Å². The van der Waals surface area contributed by atoms with Crippen LogP contribution in [0.5, 0.6) is 0 Å². The second-order valence-corrected chi connectivity index (χ2v) is 5.06. The lowest BCUT2D eigenvalue weighted by Crippen LogP contribution is -2.37. The topological polar surface area (TPSA) is 59.6 Å². The third kappa shape index (κ3) is 5.28. The van der Waals surface area contributed by atoms with Gasteiger partial charge in [0.2, 0.25) is 0 Å². The molecule has 0 aromatic carbocycles. The molecular formula is C10H21N3OS. The van der Waals surface area contributed by atoms with Crippen molar-refractivity contribution >= 4 is 17.7 Å². The Bertz CT molecular complexity index is 205. The Balaban J connectivity index is 2.13. The van der Waals surface area contributed by atoms with Crippen LogP contribution in [0, 0.1) is 0 Å². The van der Waals surface area contributed by atoms with Gasteiger partial charge in [0.15, 0.2) is 5.96 Å². The summed E-state index contributed by atoms with van der Waals surface area (Å²) in [5.74, 6) is 0.534. The van der Waals surface area contributed by atoms with Crippen LogP contribution in [-0.4, -0.2) is 43.3 Å². The lowest BCUT2D eigenvalue weighted by molar-refractivity contribution is 0.114. The minimum Gasteiger partial charge on any atom is -0.376 e. The zero-order chi connectivity index (χ0) is 11.1. The Kier molecular flexibility index (Phi) is 5.86. The molecule has 1 aliphatic heterocycles. The number of nitrogens with one attached hydrogen (secondary N) is 1. The van der Waals surface area contributed by atoms with E-state index in [1.165, 1.54) is 0 Å². The Morgan fingerprint density at radius 2 is 2.53 bits per heavy atom. The highest BCUT2D eigenvalue weighted by molar-refractivity contribution is 7.99. The van der Waals surface area contributed by atoms with E-state index in [4.69, 9.17) is 10.5 Å². The Morgan fingerprint density at radius 3 is 3.13 bits per heavy atom. The van der Waals surface area contributed by atoms with Crippen molar-refractivity contribution in [1.29, 1.82) is 0 Å². The van der Waals surface area contributed by atoms with Crippen LogP contribution in [0.2, 0.25) is 0 Å². The van der Waals surface area contributed by atoms with Gasteiger partial charge in [-0.2, -0.15) is 11.8 Å². The molecule has 5 heteroatoms. The average molecular weight is 231 g/mol. The second kappa shape index (κ2) is 6.95. The van der Waals surface area contributed by atoms with Crippen molar-refractivity contribution in [2.45, 2.75) is 31.1 Å². The third-order valence-electron chi connectivity index (χ3n) is 2.46. The first-order valence-corrected chi connectivity index (χ1v) is 6.69. The molecule has 1 fully saturated rings. The summed E-state index contributed by atoms with van der Waals surface area (Å²) in [6.45, 7) is 4.57. The predicted molar refractivity (Wildman–Crippen MR) is 66.4 cm³/mol. The van der Waals surface area contributed by atoms with Gasteiger partial charge in [0.05, 0.1) is 12.6 Å². The summed E-state index contributed by atoms with van der Waals surface area (Å²) in [5, 5.41) is 3.62. The van der Waals surface area contributed by atoms with E-state index >= 15 is 0 Å². The van der Waals surface area contributed by atoms with Gasteiger partial charge in [0, 0.05) is 18.4 Å². The molecule has 0 aromatic heterocycles. The summed E-state index contributed by atoms with van der Waals surface area (Å²) in [7, 11) is 0.